The Balaban J connectivity index is 2.18. The number of hydrogen-bond donors (Lipinski definition) is 2. The molecule has 5 nitrogen and oxygen atoms in total. The predicted molar refractivity (Wildman–Crippen MR) is 59.1 cm³/mol. The summed E-state index contributed by atoms with van der Waals surface area (Å²) in [5.41, 5.74) is -0.658. The van der Waals surface area contributed by atoms with Crippen LogP contribution in [0.25, 0.3) is 0 Å². The third-order valence-corrected chi connectivity index (χ3v) is 2.34. The van der Waals surface area contributed by atoms with Crippen LogP contribution in [0.15, 0.2) is 0 Å². The zero-order chi connectivity index (χ0) is 12.2. The minimum atomic E-state index is -0.451. The third-order valence-electron chi connectivity index (χ3n) is 2.34. The van der Waals surface area contributed by atoms with Gasteiger partial charge in [-0.25, -0.2) is 0 Å². The van der Waals surface area contributed by atoms with Crippen molar-refractivity contribution in [3.8, 4) is 0 Å². The second kappa shape index (κ2) is 5.12. The molecule has 0 radical (unpaired) electrons. The smallest absolute Gasteiger partial charge is 0.320 e. The van der Waals surface area contributed by atoms with Crippen LogP contribution in [0.2, 0.25) is 0 Å². The number of ether oxygens (including phenoxy) is 2. The molecule has 0 unspecified atom stereocenters. The molecule has 16 heavy (non-hydrogen) atoms. The van der Waals surface area contributed by atoms with E-state index >= 15 is 0 Å². The van der Waals surface area contributed by atoms with Crippen molar-refractivity contribution in [1.29, 1.82) is 0 Å². The molecule has 0 aromatic rings. The molecule has 1 rings (SSSR count). The topological polar surface area (TPSA) is 67.8 Å². The highest BCUT2D eigenvalue weighted by molar-refractivity contribution is 5.72. The maximum absolute atomic E-state index is 11.4. The number of carbonyl (C=O) groups excluding carboxylic acids is 1. The molecular formula is C11H21NO4. The van der Waals surface area contributed by atoms with Crippen molar-refractivity contribution in [1.82, 2.24) is 5.32 Å². The molecule has 1 aliphatic heterocycles. The molecular weight excluding hydrogens is 210 g/mol. The highest BCUT2D eigenvalue weighted by Gasteiger charge is 2.37. The minimum Gasteiger partial charge on any atom is -0.459 e. The summed E-state index contributed by atoms with van der Waals surface area (Å²) in [6.45, 7) is 7.41. The van der Waals surface area contributed by atoms with Crippen molar-refractivity contribution < 1.29 is 19.4 Å². The first-order chi connectivity index (χ1) is 7.37. The summed E-state index contributed by atoms with van der Waals surface area (Å²) in [6, 6.07) is 0. The van der Waals surface area contributed by atoms with Crippen molar-refractivity contribution in [3.63, 3.8) is 0 Å². The van der Waals surface area contributed by atoms with Gasteiger partial charge < -0.3 is 19.9 Å². The van der Waals surface area contributed by atoms with Gasteiger partial charge in [-0.3, -0.25) is 4.79 Å². The van der Waals surface area contributed by atoms with Gasteiger partial charge in [0.1, 0.15) is 5.60 Å². The first kappa shape index (κ1) is 13.4. The molecule has 0 aromatic heterocycles. The van der Waals surface area contributed by atoms with E-state index in [-0.39, 0.29) is 24.5 Å². The van der Waals surface area contributed by atoms with E-state index in [1.54, 1.807) is 0 Å². The van der Waals surface area contributed by atoms with Crippen LogP contribution < -0.4 is 5.32 Å². The van der Waals surface area contributed by atoms with E-state index in [4.69, 9.17) is 14.6 Å². The van der Waals surface area contributed by atoms with Gasteiger partial charge in [-0.2, -0.15) is 0 Å². The van der Waals surface area contributed by atoms with Gasteiger partial charge in [-0.05, 0) is 20.8 Å². The van der Waals surface area contributed by atoms with Crippen LogP contribution in [0.1, 0.15) is 20.8 Å². The lowest BCUT2D eigenvalue weighted by Gasteiger charge is -2.39. The zero-order valence-electron chi connectivity index (χ0n) is 10.2. The Morgan fingerprint density at radius 2 is 2.12 bits per heavy atom. The number of aliphatic hydroxyl groups is 1. The largest absolute Gasteiger partial charge is 0.459 e. The molecule has 94 valence electrons. The van der Waals surface area contributed by atoms with E-state index in [1.807, 2.05) is 20.8 Å². The second-order valence-corrected chi connectivity index (χ2v) is 5.34. The van der Waals surface area contributed by atoms with E-state index in [0.29, 0.717) is 19.8 Å². The predicted octanol–water partition coefficient (Wildman–Crippen LogP) is -0.0734. The molecule has 0 saturated carbocycles. The van der Waals surface area contributed by atoms with Crippen LogP contribution >= 0.6 is 0 Å². The summed E-state index contributed by atoms with van der Waals surface area (Å²) >= 11 is 0. The van der Waals surface area contributed by atoms with Crippen molar-refractivity contribution >= 4 is 5.97 Å². The summed E-state index contributed by atoms with van der Waals surface area (Å²) in [4.78, 5) is 11.4. The van der Waals surface area contributed by atoms with Gasteiger partial charge in [-0.15, -0.1) is 0 Å². The van der Waals surface area contributed by atoms with Gasteiger partial charge in [0.2, 0.25) is 0 Å². The maximum Gasteiger partial charge on any atom is 0.320 e. The Bertz CT molecular complexity index is 237. The fourth-order valence-electron chi connectivity index (χ4n) is 1.45. The number of nitrogens with one attached hydrogen (secondary N) is 1. The summed E-state index contributed by atoms with van der Waals surface area (Å²) in [7, 11) is 0. The molecule has 0 bridgehead atoms. The summed E-state index contributed by atoms with van der Waals surface area (Å²) in [6.07, 6.45) is 0. The van der Waals surface area contributed by atoms with E-state index in [0.717, 1.165) is 0 Å². The average molecular weight is 231 g/mol. The van der Waals surface area contributed by atoms with Crippen LogP contribution in [-0.2, 0) is 14.3 Å². The van der Waals surface area contributed by atoms with Crippen molar-refractivity contribution in [2.75, 3.05) is 32.9 Å². The number of aliphatic hydroxyl groups excluding tert-OH is 1. The molecule has 1 saturated heterocycles. The Hall–Kier alpha value is -0.650. The van der Waals surface area contributed by atoms with Crippen LogP contribution in [0.4, 0.5) is 0 Å². The van der Waals surface area contributed by atoms with Crippen molar-refractivity contribution in [2.45, 2.75) is 26.4 Å². The van der Waals surface area contributed by atoms with Gasteiger partial charge in [0.25, 0.3) is 0 Å². The quantitative estimate of drug-likeness (QED) is 0.648. The number of hydrogen-bond acceptors (Lipinski definition) is 5. The summed E-state index contributed by atoms with van der Waals surface area (Å²) in [5, 5.41) is 12.1. The first-order valence-electron chi connectivity index (χ1n) is 5.48. The minimum absolute atomic E-state index is 0.0777. The van der Waals surface area contributed by atoms with Crippen LogP contribution in [-0.4, -0.2) is 49.6 Å². The summed E-state index contributed by atoms with van der Waals surface area (Å²) in [5.74, 6) is -0.277. The van der Waals surface area contributed by atoms with E-state index in [9.17, 15) is 4.79 Å². The number of rotatable bonds is 5. The van der Waals surface area contributed by atoms with Crippen LogP contribution in [0, 0.1) is 5.41 Å². The molecule has 2 N–H and O–H groups in total. The van der Waals surface area contributed by atoms with Crippen molar-refractivity contribution in [3.05, 3.63) is 0 Å². The number of carbonyl (C=O) groups is 1. The van der Waals surface area contributed by atoms with Gasteiger partial charge >= 0.3 is 5.97 Å². The Morgan fingerprint density at radius 3 is 2.50 bits per heavy atom. The normalized spacial score (nSPS) is 19.0. The molecule has 0 aromatic carbocycles. The molecule has 0 atom stereocenters. The molecule has 1 heterocycles. The molecule has 0 amide bonds. The summed E-state index contributed by atoms with van der Waals surface area (Å²) < 4.78 is 10.2. The molecule has 0 spiro atoms. The highest BCUT2D eigenvalue weighted by Crippen LogP contribution is 2.25. The number of esters is 1. The van der Waals surface area contributed by atoms with Gasteiger partial charge in [0, 0.05) is 6.54 Å². The zero-order valence-corrected chi connectivity index (χ0v) is 10.2. The van der Waals surface area contributed by atoms with E-state index < -0.39 is 5.60 Å². The second-order valence-electron chi connectivity index (χ2n) is 5.34. The SMILES string of the molecule is CC(C)(C)OC(=O)CNCC1(CO)COC1. The fraction of sp³-hybridized carbons (Fsp3) is 0.909. The van der Waals surface area contributed by atoms with Gasteiger partial charge in [0.15, 0.2) is 0 Å². The third kappa shape index (κ3) is 4.08. The lowest BCUT2D eigenvalue weighted by atomic mass is 9.87. The van der Waals surface area contributed by atoms with Gasteiger partial charge in [0.05, 0.1) is 31.8 Å². The highest BCUT2D eigenvalue weighted by atomic mass is 16.6. The lowest BCUT2D eigenvalue weighted by molar-refractivity contribution is -0.155. The fourth-order valence-corrected chi connectivity index (χ4v) is 1.45. The van der Waals surface area contributed by atoms with Gasteiger partial charge in [-0.1, -0.05) is 0 Å². The average Bonchev–Trinajstić information content (AvgIpc) is 2.06. The van der Waals surface area contributed by atoms with Crippen molar-refractivity contribution in [2.24, 2.45) is 5.41 Å². The standard InChI is InChI=1S/C11H21NO4/c1-10(2,3)16-9(14)4-12-5-11(6-13)7-15-8-11/h12-13H,4-8H2,1-3H3. The molecule has 5 heteroatoms. The maximum atomic E-state index is 11.4. The monoisotopic (exact) mass is 231 g/mol. The van der Waals surface area contributed by atoms with E-state index in [1.165, 1.54) is 0 Å². The first-order valence-corrected chi connectivity index (χ1v) is 5.48. The molecule has 1 aliphatic rings. The molecule has 0 aliphatic carbocycles. The lowest BCUT2D eigenvalue weighted by Crippen LogP contribution is -2.53. The van der Waals surface area contributed by atoms with E-state index in [2.05, 4.69) is 5.32 Å². The Kier molecular flexibility index (Phi) is 4.29. The Morgan fingerprint density at radius 1 is 1.50 bits per heavy atom. The van der Waals surface area contributed by atoms with Crippen LogP contribution in [0.5, 0.6) is 0 Å². The molecule has 1 fully saturated rings. The van der Waals surface area contributed by atoms with Crippen LogP contribution in [0.3, 0.4) is 0 Å². The Labute approximate surface area is 96.1 Å².